The van der Waals surface area contributed by atoms with Crippen LogP contribution in [0, 0.1) is 20.8 Å². The first kappa shape index (κ1) is 31.5. The fourth-order valence-corrected chi connectivity index (χ4v) is 11.3. The van der Waals surface area contributed by atoms with Gasteiger partial charge < -0.3 is 5.32 Å². The normalized spacial score (nSPS) is 17.4. The molecule has 1 aliphatic heterocycles. The minimum absolute atomic E-state index is 0.189. The number of rotatable bonds is 11. The van der Waals surface area contributed by atoms with Gasteiger partial charge in [0.05, 0.1) is 6.16 Å². The molecule has 0 spiro atoms. The number of aryl methyl sites for hydroxylation is 3. The molecule has 3 aromatic rings. The molecular formula is C38H54N2P+. The van der Waals surface area contributed by atoms with Crippen LogP contribution in [0.4, 0.5) is 0 Å². The van der Waals surface area contributed by atoms with Crippen molar-refractivity contribution in [2.75, 3.05) is 13.2 Å². The second kappa shape index (κ2) is 12.8. The molecule has 1 aliphatic rings. The van der Waals surface area contributed by atoms with Crippen molar-refractivity contribution in [2.24, 2.45) is 0 Å². The molecule has 0 bridgehead atoms. The van der Waals surface area contributed by atoms with E-state index in [1.807, 2.05) is 0 Å². The number of hydrogen-bond donors (Lipinski definition) is 1. The second-order valence-electron chi connectivity index (χ2n) is 13.9. The summed E-state index contributed by atoms with van der Waals surface area (Å²) < 4.78 is 0. The first-order valence-electron chi connectivity index (χ1n) is 15.6. The van der Waals surface area contributed by atoms with Crippen molar-refractivity contribution in [3.05, 3.63) is 102 Å². The van der Waals surface area contributed by atoms with Crippen LogP contribution in [0.15, 0.2) is 85.1 Å². The van der Waals surface area contributed by atoms with E-state index in [0.717, 1.165) is 19.3 Å². The van der Waals surface area contributed by atoms with E-state index in [4.69, 9.17) is 0 Å². The Labute approximate surface area is 252 Å². The van der Waals surface area contributed by atoms with Crippen molar-refractivity contribution in [1.82, 2.24) is 10.2 Å². The average Bonchev–Trinajstić information content (AvgIpc) is 2.91. The summed E-state index contributed by atoms with van der Waals surface area (Å²) in [5, 5.41) is 8.32. The minimum atomic E-state index is -1.78. The topological polar surface area (TPSA) is 15.3 Å². The zero-order valence-corrected chi connectivity index (χ0v) is 28.0. The van der Waals surface area contributed by atoms with E-state index in [9.17, 15) is 0 Å². The first-order valence-corrected chi connectivity index (χ1v) is 17.6. The molecule has 0 saturated carbocycles. The zero-order valence-electron chi connectivity index (χ0n) is 27.1. The Morgan fingerprint density at radius 3 is 1.49 bits per heavy atom. The standard InChI is InChI=1S/C38H54N2P/c1-29-14-20-34(21-15-29)41(35-22-16-30(2)17-23-35,36-24-18-31(3)19-25-36)26-12-10-11-13-32(4)39-33-27-37(5,6)40(9)38(7,8)28-33/h14-25,33,39H,4,10-13,26-28H2,1-3,5-9H3/q+1. The largest absolute Gasteiger partial charge is 0.386 e. The predicted molar refractivity (Wildman–Crippen MR) is 184 cm³/mol. The van der Waals surface area contributed by atoms with Gasteiger partial charge in [-0.05, 0) is 130 Å². The van der Waals surface area contributed by atoms with Crippen LogP contribution in [-0.4, -0.2) is 35.2 Å². The average molecular weight is 570 g/mol. The Hall–Kier alpha value is -2.41. The van der Waals surface area contributed by atoms with E-state index < -0.39 is 7.26 Å². The number of unbranched alkanes of at least 4 members (excludes halogenated alkanes) is 2. The van der Waals surface area contributed by atoms with E-state index >= 15 is 0 Å². The number of nitrogens with one attached hydrogen (secondary N) is 1. The van der Waals surface area contributed by atoms with Gasteiger partial charge in [0.1, 0.15) is 23.2 Å². The Kier molecular flexibility index (Phi) is 9.88. The summed E-state index contributed by atoms with van der Waals surface area (Å²) in [5.74, 6) is 0. The molecular weight excluding hydrogens is 515 g/mol. The summed E-state index contributed by atoms with van der Waals surface area (Å²) in [7, 11) is 0.492. The van der Waals surface area contributed by atoms with Crippen LogP contribution in [0.1, 0.15) is 82.9 Å². The Morgan fingerprint density at radius 2 is 1.10 bits per heavy atom. The van der Waals surface area contributed by atoms with Gasteiger partial charge >= 0.3 is 0 Å². The molecule has 0 amide bonds. The van der Waals surface area contributed by atoms with Crippen molar-refractivity contribution in [3.63, 3.8) is 0 Å². The number of nitrogens with zero attached hydrogens (tertiary/aromatic N) is 1. The molecule has 220 valence electrons. The van der Waals surface area contributed by atoms with E-state index in [-0.39, 0.29) is 11.1 Å². The molecule has 4 rings (SSSR count). The molecule has 3 aromatic carbocycles. The van der Waals surface area contributed by atoms with Gasteiger partial charge in [0, 0.05) is 22.8 Å². The third-order valence-electron chi connectivity index (χ3n) is 9.61. The maximum absolute atomic E-state index is 4.46. The molecule has 1 heterocycles. The number of hydrogen-bond acceptors (Lipinski definition) is 2. The SMILES string of the molecule is C=C(CCCCC[P+](c1ccc(C)cc1)(c1ccc(C)cc1)c1ccc(C)cc1)NC1CC(C)(C)N(C)C(C)(C)C1. The van der Waals surface area contributed by atoms with E-state index in [1.165, 1.54) is 63.7 Å². The van der Waals surface area contributed by atoms with Crippen molar-refractivity contribution in [1.29, 1.82) is 0 Å². The fourth-order valence-electron chi connectivity index (χ4n) is 6.93. The smallest absolute Gasteiger partial charge is 0.112 e. The number of piperidine rings is 1. The molecule has 0 aliphatic carbocycles. The highest BCUT2D eigenvalue weighted by molar-refractivity contribution is 7.95. The van der Waals surface area contributed by atoms with Gasteiger partial charge in [-0.3, -0.25) is 4.90 Å². The lowest BCUT2D eigenvalue weighted by molar-refractivity contribution is -0.0164. The number of allylic oxidation sites excluding steroid dienone is 1. The number of likely N-dealkylation sites (tertiary alicyclic amines) is 1. The highest BCUT2D eigenvalue weighted by Gasteiger charge is 2.45. The summed E-state index contributed by atoms with van der Waals surface area (Å²) in [6, 6.07) is 28.7. The van der Waals surface area contributed by atoms with Crippen LogP contribution in [0.2, 0.25) is 0 Å². The predicted octanol–water partition coefficient (Wildman–Crippen LogP) is 8.22. The molecule has 1 N–H and O–H groups in total. The van der Waals surface area contributed by atoms with Crippen LogP contribution in [0.25, 0.3) is 0 Å². The summed E-state index contributed by atoms with van der Waals surface area (Å²) in [4.78, 5) is 2.55. The quantitative estimate of drug-likeness (QED) is 0.185. The van der Waals surface area contributed by atoms with Crippen LogP contribution < -0.4 is 21.2 Å². The van der Waals surface area contributed by atoms with Gasteiger partial charge in [0.25, 0.3) is 0 Å². The van der Waals surface area contributed by atoms with E-state index in [1.54, 1.807) is 0 Å². The lowest BCUT2D eigenvalue weighted by Crippen LogP contribution is -2.62. The first-order chi connectivity index (χ1) is 19.3. The highest BCUT2D eigenvalue weighted by atomic mass is 31.2. The molecule has 41 heavy (non-hydrogen) atoms. The Bertz CT molecular complexity index is 1160. The van der Waals surface area contributed by atoms with Gasteiger partial charge in [-0.25, -0.2) is 0 Å². The van der Waals surface area contributed by atoms with Gasteiger partial charge in [0.15, 0.2) is 0 Å². The summed E-state index contributed by atoms with van der Waals surface area (Å²) in [5.41, 5.74) is 5.55. The summed E-state index contributed by atoms with van der Waals surface area (Å²) >= 11 is 0. The third kappa shape index (κ3) is 7.33. The lowest BCUT2D eigenvalue weighted by atomic mass is 9.77. The molecule has 0 radical (unpaired) electrons. The molecule has 0 atom stereocenters. The molecule has 2 nitrogen and oxygen atoms in total. The maximum atomic E-state index is 4.46. The Morgan fingerprint density at radius 1 is 0.707 bits per heavy atom. The molecule has 0 unspecified atom stereocenters. The van der Waals surface area contributed by atoms with Crippen molar-refractivity contribution in [2.45, 2.75) is 104 Å². The molecule has 1 fully saturated rings. The van der Waals surface area contributed by atoms with Crippen LogP contribution in [0.3, 0.4) is 0 Å². The lowest BCUT2D eigenvalue weighted by Gasteiger charge is -2.54. The molecule has 0 aromatic heterocycles. The van der Waals surface area contributed by atoms with Crippen LogP contribution in [0.5, 0.6) is 0 Å². The zero-order chi connectivity index (χ0) is 29.8. The summed E-state index contributed by atoms with van der Waals surface area (Å²) in [6.07, 6.45) is 8.17. The van der Waals surface area contributed by atoms with Crippen LogP contribution >= 0.6 is 7.26 Å². The van der Waals surface area contributed by atoms with Gasteiger partial charge in [-0.2, -0.15) is 0 Å². The van der Waals surface area contributed by atoms with Crippen molar-refractivity contribution in [3.8, 4) is 0 Å². The molecule has 3 heteroatoms. The fraction of sp³-hybridized carbons (Fsp3) is 0.474. The Balaban J connectivity index is 1.47. The third-order valence-corrected chi connectivity index (χ3v) is 14.1. The van der Waals surface area contributed by atoms with Crippen molar-refractivity contribution >= 4 is 23.2 Å². The summed E-state index contributed by atoms with van der Waals surface area (Å²) in [6.45, 7) is 20.5. The highest BCUT2D eigenvalue weighted by Crippen LogP contribution is 2.56. The van der Waals surface area contributed by atoms with Gasteiger partial charge in [-0.1, -0.05) is 59.7 Å². The monoisotopic (exact) mass is 569 g/mol. The maximum Gasteiger partial charge on any atom is 0.112 e. The second-order valence-corrected chi connectivity index (χ2v) is 17.5. The van der Waals surface area contributed by atoms with Crippen molar-refractivity contribution < 1.29 is 0 Å². The van der Waals surface area contributed by atoms with Gasteiger partial charge in [0.2, 0.25) is 0 Å². The van der Waals surface area contributed by atoms with Crippen LogP contribution in [-0.2, 0) is 0 Å². The molecule has 1 saturated heterocycles. The minimum Gasteiger partial charge on any atom is -0.386 e. The number of benzene rings is 3. The van der Waals surface area contributed by atoms with E-state index in [2.05, 4.69) is 145 Å². The van der Waals surface area contributed by atoms with E-state index in [0.29, 0.717) is 6.04 Å². The van der Waals surface area contributed by atoms with Gasteiger partial charge in [-0.15, -0.1) is 0 Å².